The molecule has 1 aliphatic carbocycles. The number of pyridine rings is 1. The summed E-state index contributed by atoms with van der Waals surface area (Å²) in [6.45, 7) is 0. The third-order valence-electron chi connectivity index (χ3n) is 3.66. The van der Waals surface area contributed by atoms with E-state index in [9.17, 15) is 4.79 Å². The van der Waals surface area contributed by atoms with Gasteiger partial charge in [-0.1, -0.05) is 0 Å². The Morgan fingerprint density at radius 2 is 2.30 bits per heavy atom. The van der Waals surface area contributed by atoms with Gasteiger partial charge in [0.25, 0.3) is 0 Å². The highest BCUT2D eigenvalue weighted by Crippen LogP contribution is 2.41. The maximum Gasteiger partial charge on any atom is 0.326 e. The lowest BCUT2D eigenvalue weighted by atomic mass is 10.1. The third-order valence-corrected chi connectivity index (χ3v) is 3.66. The van der Waals surface area contributed by atoms with E-state index < -0.39 is 12.0 Å². The van der Waals surface area contributed by atoms with Crippen LogP contribution in [-0.2, 0) is 4.79 Å². The number of carboxylic acid groups (broad SMARTS) is 1. The second-order valence-electron chi connectivity index (χ2n) is 5.14. The molecule has 2 aliphatic rings. The lowest BCUT2D eigenvalue weighted by Crippen LogP contribution is -2.38. The van der Waals surface area contributed by atoms with Gasteiger partial charge in [-0.05, 0) is 18.9 Å². The summed E-state index contributed by atoms with van der Waals surface area (Å²) >= 11 is 0. The number of nitrogens with one attached hydrogen (secondary N) is 1. The van der Waals surface area contributed by atoms with Crippen molar-refractivity contribution in [3.05, 3.63) is 29.6 Å². The minimum atomic E-state index is -0.909. The van der Waals surface area contributed by atoms with E-state index in [0.29, 0.717) is 5.92 Å². The molecule has 1 aromatic heterocycles. The zero-order valence-electron chi connectivity index (χ0n) is 11.5. The maximum absolute atomic E-state index is 11.0. The molecule has 0 saturated heterocycles. The number of ether oxygens (including phenoxy) is 1. The van der Waals surface area contributed by atoms with Crippen molar-refractivity contribution in [3.63, 3.8) is 0 Å². The largest absolute Gasteiger partial charge is 0.496 e. The molecular weight excluding hydrogens is 258 g/mol. The number of hydrazine groups is 1. The molecule has 2 N–H and O–H groups in total. The van der Waals surface area contributed by atoms with Crippen LogP contribution in [0.2, 0.25) is 0 Å². The zero-order chi connectivity index (χ0) is 14.3. The lowest BCUT2D eigenvalue weighted by molar-refractivity contribution is -0.138. The standard InChI is InChI=1S/C14H17N3O3/c1-17-12(5-11(16-17)14(18)19)9-7-15-10(8-3-4-8)6-13(9)20-2/h5-8,11,16H,3-4H2,1-2H3,(H,18,19). The van der Waals surface area contributed by atoms with Gasteiger partial charge in [-0.2, -0.15) is 0 Å². The van der Waals surface area contributed by atoms with Crippen LogP contribution in [0.3, 0.4) is 0 Å². The fourth-order valence-electron chi connectivity index (χ4n) is 2.40. The zero-order valence-corrected chi connectivity index (χ0v) is 11.5. The molecule has 1 saturated carbocycles. The van der Waals surface area contributed by atoms with Crippen molar-refractivity contribution in [2.24, 2.45) is 0 Å². The summed E-state index contributed by atoms with van der Waals surface area (Å²) in [5.41, 5.74) is 5.48. The van der Waals surface area contributed by atoms with Gasteiger partial charge in [0.2, 0.25) is 0 Å². The summed E-state index contributed by atoms with van der Waals surface area (Å²) in [5, 5.41) is 10.8. The second-order valence-corrected chi connectivity index (χ2v) is 5.14. The molecule has 0 amide bonds. The van der Waals surface area contributed by atoms with Crippen LogP contribution in [0.25, 0.3) is 5.70 Å². The summed E-state index contributed by atoms with van der Waals surface area (Å²) in [7, 11) is 3.40. The number of aliphatic carboxylic acids is 1. The van der Waals surface area contributed by atoms with Crippen molar-refractivity contribution in [1.82, 2.24) is 15.4 Å². The van der Waals surface area contributed by atoms with Crippen molar-refractivity contribution in [2.75, 3.05) is 14.2 Å². The Morgan fingerprint density at radius 3 is 2.85 bits per heavy atom. The number of hydrogen-bond donors (Lipinski definition) is 2. The second kappa shape index (κ2) is 4.79. The van der Waals surface area contributed by atoms with Crippen molar-refractivity contribution in [3.8, 4) is 5.75 Å². The molecule has 1 aromatic rings. The Morgan fingerprint density at radius 1 is 1.55 bits per heavy atom. The van der Waals surface area contributed by atoms with Gasteiger partial charge in [-0.15, -0.1) is 0 Å². The fourth-order valence-corrected chi connectivity index (χ4v) is 2.40. The van der Waals surface area contributed by atoms with Crippen LogP contribution in [0.15, 0.2) is 18.3 Å². The number of aromatic nitrogens is 1. The van der Waals surface area contributed by atoms with Crippen molar-refractivity contribution < 1.29 is 14.6 Å². The Labute approximate surface area is 117 Å². The molecule has 1 aliphatic heterocycles. The normalized spacial score (nSPS) is 21.8. The fraction of sp³-hybridized carbons (Fsp3) is 0.429. The lowest BCUT2D eigenvalue weighted by Gasteiger charge is -2.19. The molecule has 3 rings (SSSR count). The van der Waals surface area contributed by atoms with Crippen LogP contribution in [0, 0.1) is 0 Å². The van der Waals surface area contributed by atoms with Gasteiger partial charge in [-0.25, -0.2) is 5.43 Å². The molecule has 0 spiro atoms. The molecular formula is C14H17N3O3. The quantitative estimate of drug-likeness (QED) is 0.860. The highest BCUT2D eigenvalue weighted by atomic mass is 16.5. The van der Waals surface area contributed by atoms with Gasteiger partial charge in [0.1, 0.15) is 11.8 Å². The van der Waals surface area contributed by atoms with E-state index in [0.717, 1.165) is 22.7 Å². The van der Waals surface area contributed by atoms with Crippen molar-refractivity contribution in [2.45, 2.75) is 24.8 Å². The van der Waals surface area contributed by atoms with E-state index in [1.54, 1.807) is 31.4 Å². The summed E-state index contributed by atoms with van der Waals surface area (Å²) in [5.74, 6) is 0.374. The average molecular weight is 275 g/mol. The van der Waals surface area contributed by atoms with Crippen molar-refractivity contribution in [1.29, 1.82) is 0 Å². The molecule has 2 heterocycles. The SMILES string of the molecule is COc1cc(C2CC2)ncc1C1=CC(C(=O)O)NN1C. The molecule has 0 bridgehead atoms. The number of nitrogens with zero attached hydrogens (tertiary/aromatic N) is 2. The smallest absolute Gasteiger partial charge is 0.326 e. The Kier molecular flexibility index (Phi) is 3.10. The van der Waals surface area contributed by atoms with Gasteiger partial charge in [0.15, 0.2) is 0 Å². The number of rotatable bonds is 4. The first kappa shape index (κ1) is 12.9. The van der Waals surface area contributed by atoms with E-state index in [2.05, 4.69) is 10.4 Å². The number of hydrogen-bond acceptors (Lipinski definition) is 5. The predicted molar refractivity (Wildman–Crippen MR) is 73.1 cm³/mol. The summed E-state index contributed by atoms with van der Waals surface area (Å²) in [6.07, 6.45) is 5.79. The van der Waals surface area contributed by atoms with Crippen LogP contribution in [0.4, 0.5) is 0 Å². The molecule has 1 unspecified atom stereocenters. The van der Waals surface area contributed by atoms with E-state index in [4.69, 9.17) is 9.84 Å². The molecule has 0 aromatic carbocycles. The van der Waals surface area contributed by atoms with Gasteiger partial charge in [-0.3, -0.25) is 9.78 Å². The Balaban J connectivity index is 1.96. The maximum atomic E-state index is 11.0. The molecule has 1 atom stereocenters. The first-order valence-corrected chi connectivity index (χ1v) is 6.59. The number of carboxylic acids is 1. The van der Waals surface area contributed by atoms with E-state index in [1.165, 1.54) is 12.8 Å². The molecule has 6 nitrogen and oxygen atoms in total. The first-order chi connectivity index (χ1) is 9.60. The Bertz CT molecular complexity index is 581. The summed E-state index contributed by atoms with van der Waals surface area (Å²) in [6, 6.07) is 1.23. The van der Waals surface area contributed by atoms with Crippen molar-refractivity contribution >= 4 is 11.7 Å². The highest BCUT2D eigenvalue weighted by molar-refractivity contribution is 5.82. The van der Waals surface area contributed by atoms with Gasteiger partial charge in [0.05, 0.1) is 18.4 Å². The van der Waals surface area contributed by atoms with E-state index in [1.807, 2.05) is 6.07 Å². The van der Waals surface area contributed by atoms with Crippen LogP contribution < -0.4 is 10.2 Å². The summed E-state index contributed by atoms with van der Waals surface area (Å²) in [4.78, 5) is 15.5. The molecule has 20 heavy (non-hydrogen) atoms. The molecule has 1 fully saturated rings. The van der Waals surface area contributed by atoms with Crippen LogP contribution >= 0.6 is 0 Å². The molecule has 106 valence electrons. The van der Waals surface area contributed by atoms with Crippen LogP contribution in [0.5, 0.6) is 5.75 Å². The number of methoxy groups -OCH3 is 1. The topological polar surface area (TPSA) is 74.7 Å². The molecule has 0 radical (unpaired) electrons. The van der Waals surface area contributed by atoms with Gasteiger partial charge >= 0.3 is 5.97 Å². The average Bonchev–Trinajstić information content (AvgIpc) is 3.21. The van der Waals surface area contributed by atoms with Gasteiger partial charge in [0, 0.05) is 30.9 Å². The monoisotopic (exact) mass is 275 g/mol. The van der Waals surface area contributed by atoms with Crippen LogP contribution in [0.1, 0.15) is 30.0 Å². The van der Waals surface area contributed by atoms with E-state index >= 15 is 0 Å². The number of carbonyl (C=O) groups is 1. The minimum absolute atomic E-state index is 0.554. The minimum Gasteiger partial charge on any atom is -0.496 e. The predicted octanol–water partition coefficient (Wildman–Crippen LogP) is 1.21. The first-order valence-electron chi connectivity index (χ1n) is 6.59. The third kappa shape index (κ3) is 2.22. The summed E-state index contributed by atoms with van der Waals surface area (Å²) < 4.78 is 5.44. The molecule has 6 heteroatoms. The van der Waals surface area contributed by atoms with Crippen LogP contribution in [-0.4, -0.2) is 41.3 Å². The highest BCUT2D eigenvalue weighted by Gasteiger charge is 2.30. The Hall–Kier alpha value is -2.08. The van der Waals surface area contributed by atoms with E-state index in [-0.39, 0.29) is 0 Å². The van der Waals surface area contributed by atoms with Gasteiger partial charge < -0.3 is 14.9 Å².